The zero-order chi connectivity index (χ0) is 70.4. The number of hydrogen-bond acceptors (Lipinski definition) is 5. The van der Waals surface area contributed by atoms with Crippen LogP contribution in [0.3, 0.4) is 0 Å². The Hall–Kier alpha value is -10.3. The lowest BCUT2D eigenvalue weighted by Gasteiger charge is -2.52. The molecule has 1 unspecified atom stereocenters. The fraction of sp³-hybridized carbons (Fsp3) is 0.167. The second-order valence-corrected chi connectivity index (χ2v) is 42.9. The van der Waals surface area contributed by atoms with Gasteiger partial charge in [0.25, 0.3) is 0 Å². The zero-order valence-electron chi connectivity index (χ0n) is 61.3. The highest BCUT2D eigenvalue weighted by molar-refractivity contribution is 8.35. The Bertz CT molecular complexity index is 10100. The van der Waals surface area contributed by atoms with Crippen LogP contribution in [0.1, 0.15) is 123 Å². The molecule has 1 atom stereocenters. The quantitative estimate of drug-likeness (QED) is 0.0679. The Labute approximate surface area is 653 Å². The fourth-order valence-corrected chi connectivity index (χ4v) is 38.1. The summed E-state index contributed by atoms with van der Waals surface area (Å²) in [7, 11) is 2.69. The predicted molar refractivity (Wildman–Crippen MR) is 495 cm³/mol. The van der Waals surface area contributed by atoms with Gasteiger partial charge in [0.1, 0.15) is 0 Å². The number of likely N-dealkylation sites (tertiary alicyclic amines) is 1. The van der Waals surface area contributed by atoms with Crippen molar-refractivity contribution in [3.05, 3.63) is 150 Å². The fourth-order valence-electron chi connectivity index (χ4n) is 34.2. The second-order valence-electron chi connectivity index (χ2n) is 38.7. The Kier molecular flexibility index (Phi) is 6.88. The van der Waals surface area contributed by atoms with Crippen molar-refractivity contribution in [3.8, 4) is 22.3 Å². The van der Waals surface area contributed by atoms with Crippen LogP contribution in [0, 0.1) is 0 Å². The predicted octanol–water partition coefficient (Wildman–Crippen LogP) is 30.2. The molecular weight excluding hydrogens is 1440 g/mol. The van der Waals surface area contributed by atoms with Crippen LogP contribution < -0.4 is 10.4 Å². The van der Waals surface area contributed by atoms with Gasteiger partial charge in [0.15, 0.2) is 0 Å². The van der Waals surface area contributed by atoms with Crippen LogP contribution in [-0.4, -0.2) is 18.5 Å². The largest absolute Gasteiger partial charge is 0.297 e. The first kappa shape index (κ1) is 52.9. The van der Waals surface area contributed by atoms with E-state index in [4.69, 9.17) is 0 Å². The molecule has 1 saturated heterocycles. The molecule has 5 heteroatoms. The van der Waals surface area contributed by atoms with Gasteiger partial charge in [0, 0.05) is 28.4 Å². The smallest absolute Gasteiger partial charge is 0.0575 e. The van der Waals surface area contributed by atoms with Gasteiger partial charge in [0.2, 0.25) is 0 Å². The van der Waals surface area contributed by atoms with Crippen molar-refractivity contribution in [2.24, 2.45) is 0 Å². The van der Waals surface area contributed by atoms with E-state index in [1.165, 1.54) is 127 Å². The van der Waals surface area contributed by atoms with Gasteiger partial charge in [-0.1, -0.05) is 179 Å². The van der Waals surface area contributed by atoms with Crippen molar-refractivity contribution < 1.29 is 0 Å². The summed E-state index contributed by atoms with van der Waals surface area (Å²) in [4.78, 5) is 3.09. The molecule has 8 aliphatic rings. The topological polar surface area (TPSA) is 3.24 Å². The number of nitrogens with zero attached hydrogens (tertiary/aromatic N) is 1. The lowest BCUT2D eigenvalue weighted by Crippen LogP contribution is -2.52. The molecule has 1 nitrogen and oxygen atoms in total. The normalized spacial score (nSPS) is 21.3. The highest BCUT2D eigenvalue weighted by Gasteiger charge is 2.76. The van der Waals surface area contributed by atoms with Crippen LogP contribution in [0.15, 0.2) is 100 Å². The van der Waals surface area contributed by atoms with Crippen LogP contribution >= 0.6 is 47.0 Å². The highest BCUT2D eigenvalue weighted by Crippen LogP contribution is 2.87. The Balaban J connectivity index is 0.675. The molecule has 0 amide bonds. The van der Waals surface area contributed by atoms with Gasteiger partial charge in [-0.25, -0.2) is 0 Å². The summed E-state index contributed by atoms with van der Waals surface area (Å²) in [6.07, 6.45) is 12.4. The molecule has 0 saturated carbocycles. The SMILES string of the molecule is CCCCCCC1(CCCCCC)c2cc(-c3ccc4c(=C5SC=CS5)c5ccccc5c(=C5SC=CS5)c4c3)ccc2-c2ccc(C3N(C)CC45c6c7c8c9c%10c%11c(c%12c%13c4c4c6c6c%14c7c7c8c8c%10c%10c%15c%11c%11c%12c%12c%13c%13c4c4c6c6c%14c%14c7c7c8c%10c8c%10c%15c%11c%11c%12c%12c%13c4c4c6c6c%14c7c8c7c%10c%11c%12c4c67)C935)cc21. The van der Waals surface area contributed by atoms with E-state index in [1.807, 2.05) is 47.0 Å². The van der Waals surface area contributed by atoms with Crippen LogP contribution in [0.4, 0.5) is 0 Å². The monoisotopic (exact) mass is 1490 g/mol. The van der Waals surface area contributed by atoms with Crippen molar-refractivity contribution in [2.75, 3.05) is 13.6 Å². The number of likely N-dealkylation sites (N-methyl/N-ethyl adjacent to an activating group) is 1. The van der Waals surface area contributed by atoms with E-state index < -0.39 is 5.41 Å². The average molecular weight is 1490 g/mol. The standard InChI is InChI=1S/C108H49NS4/c1-4-6-8-12-22-106(23-13-9-7-5-2)41-29-33(32-17-21-39-40(28-32)44(105-112-26-27-113-105)38-15-11-10-14-37(38)43(39)104-110-24-25-111-104)16-19-35(41)36-20-18-34(30-42(36)106)103-108-101-95-89-79-67-59-51-47-45-46-49-53(51)61(67)71-65-57(49)58-50(46)54-52-48(45)56-55(47)63-69(59)77-83-73(63)74-64(56)70-60(52)68-62(54)72-66(58)76-75(65)87(81(71)89)97(101)98-88(76)82(72)90-80(68)86-78(70)84(74)92-91(83)99(93(95)85(77)79)107(108,31-109(103)3)100(92)94(86)96(90)102(98)108/h10-11,14-21,24-30,103H,4-9,12-13,22-23,31H2,1-3H3. The van der Waals surface area contributed by atoms with E-state index >= 15 is 0 Å². The Morgan fingerprint density at radius 1 is 0.301 bits per heavy atom. The molecule has 5 aliphatic carbocycles. The molecule has 0 N–H and O–H groups in total. The molecule has 33 aromatic carbocycles. The molecule has 41 rings (SSSR count). The van der Waals surface area contributed by atoms with Crippen molar-refractivity contribution >= 4 is 368 Å². The van der Waals surface area contributed by atoms with Crippen molar-refractivity contribution in [1.29, 1.82) is 0 Å². The van der Waals surface area contributed by atoms with Crippen molar-refractivity contribution in [2.45, 2.75) is 100 Å². The number of rotatable bonds is 12. The van der Waals surface area contributed by atoms with Crippen molar-refractivity contribution in [1.82, 2.24) is 4.90 Å². The van der Waals surface area contributed by atoms with E-state index in [2.05, 4.69) is 126 Å². The maximum atomic E-state index is 3.09. The summed E-state index contributed by atoms with van der Waals surface area (Å²) in [6.45, 7) is 5.85. The van der Waals surface area contributed by atoms with E-state index in [-0.39, 0.29) is 16.9 Å². The van der Waals surface area contributed by atoms with Gasteiger partial charge >= 0.3 is 0 Å². The first-order valence-electron chi connectivity index (χ1n) is 42.5. The lowest BCUT2D eigenvalue weighted by atomic mass is 9.47. The lowest BCUT2D eigenvalue weighted by molar-refractivity contribution is 0.271. The Morgan fingerprint density at radius 3 is 0.965 bits per heavy atom. The third-order valence-electron chi connectivity index (χ3n) is 36.1. The maximum absolute atomic E-state index is 3.09. The Morgan fingerprint density at radius 2 is 0.602 bits per heavy atom. The number of unbranched alkanes of at least 4 members (excludes halogenated alkanes) is 6. The molecule has 3 aliphatic heterocycles. The van der Waals surface area contributed by atoms with Gasteiger partial charge in [-0.3, -0.25) is 4.90 Å². The minimum absolute atomic E-state index is 0.0627. The van der Waals surface area contributed by atoms with Gasteiger partial charge in [-0.05, 0) is 427 Å². The van der Waals surface area contributed by atoms with Crippen LogP contribution in [0.25, 0.3) is 343 Å². The number of thioether (sulfide) groups is 4. The van der Waals surface area contributed by atoms with Gasteiger partial charge in [0.05, 0.1) is 19.3 Å². The van der Waals surface area contributed by atoms with Crippen LogP contribution in [0.2, 0.25) is 0 Å². The molecule has 0 bridgehead atoms. The molecular formula is C108H49NS4. The maximum Gasteiger partial charge on any atom is 0.0575 e. The summed E-state index contributed by atoms with van der Waals surface area (Å²) < 4.78 is 2.76. The summed E-state index contributed by atoms with van der Waals surface area (Å²) in [5.41, 5.74) is 16.7. The van der Waals surface area contributed by atoms with Crippen molar-refractivity contribution in [3.63, 3.8) is 0 Å². The summed E-state index contributed by atoms with van der Waals surface area (Å²) >= 11 is 7.58. The molecule has 0 radical (unpaired) electrons. The third-order valence-corrected chi connectivity index (χ3v) is 40.4. The van der Waals surface area contributed by atoms with E-state index in [0.717, 1.165) is 6.54 Å². The average Bonchev–Trinajstić information content (AvgIpc) is 1.38. The molecule has 1 fully saturated rings. The van der Waals surface area contributed by atoms with Gasteiger partial charge in [-0.2, -0.15) is 0 Å². The number of fused-ring (bicyclic) bond motifs is 5. The third kappa shape index (κ3) is 3.98. The van der Waals surface area contributed by atoms with Crippen LogP contribution in [0.5, 0.6) is 0 Å². The number of hydrogen-bond donors (Lipinski definition) is 0. The van der Waals surface area contributed by atoms with Gasteiger partial charge < -0.3 is 0 Å². The molecule has 113 heavy (non-hydrogen) atoms. The zero-order valence-corrected chi connectivity index (χ0v) is 64.5. The highest BCUT2D eigenvalue weighted by atomic mass is 32.2. The van der Waals surface area contributed by atoms with Gasteiger partial charge in [-0.15, -0.1) is 0 Å². The van der Waals surface area contributed by atoms with E-state index in [1.54, 1.807) is 330 Å². The molecule has 0 aromatic heterocycles. The summed E-state index contributed by atoms with van der Waals surface area (Å²) in [5, 5.41) is 108. The second kappa shape index (κ2) is 14.7. The first-order chi connectivity index (χ1) is 56.1. The minimum Gasteiger partial charge on any atom is -0.297 e. The number of benzene rings is 23. The minimum atomic E-state index is -0.432. The molecule has 510 valence electrons. The summed E-state index contributed by atoms with van der Waals surface area (Å²) in [6, 6.07) is 33.5. The van der Waals surface area contributed by atoms with E-state index in [9.17, 15) is 0 Å². The molecule has 2 spiro atoms. The molecule has 3 heterocycles. The van der Waals surface area contributed by atoms with E-state index in [0.29, 0.717) is 0 Å². The molecule has 33 aromatic rings. The first-order valence-corrected chi connectivity index (χ1v) is 46.1. The summed E-state index contributed by atoms with van der Waals surface area (Å²) in [5.74, 6) is 0. The van der Waals surface area contributed by atoms with Crippen LogP contribution in [-0.2, 0) is 16.2 Å².